The number of nitrogens with one attached hydrogen (secondary N) is 4. The molecule has 0 aliphatic rings. The highest BCUT2D eigenvalue weighted by molar-refractivity contribution is 6.35. The number of rotatable bonds is 13. The topological polar surface area (TPSA) is 137 Å². The summed E-state index contributed by atoms with van der Waals surface area (Å²) in [6.07, 6.45) is 4.05. The first-order chi connectivity index (χ1) is 20.9. The number of hydrogen-bond donors (Lipinski definition) is 4. The molecule has 0 radical (unpaired) electrons. The van der Waals surface area contributed by atoms with Gasteiger partial charge in [-0.3, -0.25) is 19.8 Å². The quantitative estimate of drug-likeness (QED) is 0.0723. The number of unbranched alkanes of at least 4 members (excludes halogenated alkanes) is 2. The summed E-state index contributed by atoms with van der Waals surface area (Å²) in [7, 11) is 0. The molecule has 0 aromatic heterocycles. The zero-order valence-electron chi connectivity index (χ0n) is 26.3. The predicted molar refractivity (Wildman–Crippen MR) is 174 cm³/mol. The first kappa shape index (κ1) is 34.0. The molecule has 0 bridgehead atoms. The van der Waals surface area contributed by atoms with Gasteiger partial charge in [-0.1, -0.05) is 62.7 Å². The van der Waals surface area contributed by atoms with Crippen molar-refractivity contribution < 1.29 is 23.9 Å². The van der Waals surface area contributed by atoms with Crippen molar-refractivity contribution in [2.24, 2.45) is 0 Å². The number of carbonyl (C=O) groups is 4. The number of amides is 3. The fourth-order valence-corrected chi connectivity index (χ4v) is 4.96. The molecule has 0 fully saturated rings. The van der Waals surface area contributed by atoms with Crippen LogP contribution in [-0.2, 0) is 27.2 Å². The molecule has 3 aromatic rings. The number of benzene rings is 3. The number of ketones is 1. The summed E-state index contributed by atoms with van der Waals surface area (Å²) < 4.78 is 5.07. The van der Waals surface area contributed by atoms with Gasteiger partial charge < -0.3 is 15.5 Å². The van der Waals surface area contributed by atoms with Crippen LogP contribution in [0.3, 0.4) is 0 Å². The van der Waals surface area contributed by atoms with Gasteiger partial charge in [0.05, 0.1) is 6.21 Å². The normalized spacial score (nSPS) is 11.2. The molecule has 0 spiro atoms. The maximum atomic E-state index is 12.6. The van der Waals surface area contributed by atoms with Crippen LogP contribution in [0.5, 0.6) is 0 Å². The summed E-state index contributed by atoms with van der Waals surface area (Å²) >= 11 is 0. The summed E-state index contributed by atoms with van der Waals surface area (Å²) in [6, 6.07) is 17.9. The number of hydrogen-bond acceptors (Lipinski definition) is 6. The van der Waals surface area contributed by atoms with E-state index in [1.54, 1.807) is 32.9 Å². The first-order valence-electron chi connectivity index (χ1n) is 15.1. The second kappa shape index (κ2) is 15.8. The second-order valence-corrected chi connectivity index (χ2v) is 12.2. The Morgan fingerprint density at radius 2 is 1.61 bits per heavy atom. The minimum Gasteiger partial charge on any atom is -0.443 e. The molecule has 9 nitrogen and oxygen atoms in total. The van der Waals surface area contributed by atoms with Gasteiger partial charge in [-0.2, -0.15) is 0 Å². The van der Waals surface area contributed by atoms with Crippen LogP contribution in [0.25, 0.3) is 10.8 Å². The third-order valence-electron chi connectivity index (χ3n) is 7.06. The molecule has 0 atom stereocenters. The third-order valence-corrected chi connectivity index (χ3v) is 7.06. The van der Waals surface area contributed by atoms with Gasteiger partial charge in [-0.15, -0.1) is 0 Å². The van der Waals surface area contributed by atoms with Gasteiger partial charge in [0.25, 0.3) is 0 Å². The zero-order valence-corrected chi connectivity index (χ0v) is 26.3. The fourth-order valence-electron chi connectivity index (χ4n) is 4.96. The Kier molecular flexibility index (Phi) is 12.2. The molecular formula is C35H44N4O5. The minimum absolute atomic E-state index is 0.0161. The lowest BCUT2D eigenvalue weighted by Crippen LogP contribution is -2.44. The number of fused-ring (bicyclic) bond motifs is 1. The van der Waals surface area contributed by atoms with Crippen molar-refractivity contribution in [3.05, 3.63) is 76.9 Å². The van der Waals surface area contributed by atoms with Crippen LogP contribution in [0, 0.1) is 5.41 Å². The van der Waals surface area contributed by atoms with E-state index in [-0.39, 0.29) is 24.3 Å². The molecule has 3 aromatic carbocycles. The number of ether oxygens (including phenoxy) is 1. The molecular weight excluding hydrogens is 556 g/mol. The Morgan fingerprint density at radius 1 is 0.864 bits per heavy atom. The van der Waals surface area contributed by atoms with E-state index >= 15 is 0 Å². The van der Waals surface area contributed by atoms with Crippen molar-refractivity contribution in [3.63, 3.8) is 0 Å². The number of hydrazine groups is 1. The number of Topliss-reactive ketones (excluding diaryl/α,β-unsaturated/α-hetero) is 1. The summed E-state index contributed by atoms with van der Waals surface area (Å²) in [6.45, 7) is 9.56. The molecule has 3 rings (SSSR count). The van der Waals surface area contributed by atoms with Crippen LogP contribution in [0.2, 0.25) is 0 Å². The Labute approximate surface area is 259 Å². The van der Waals surface area contributed by atoms with Gasteiger partial charge in [0, 0.05) is 24.1 Å². The van der Waals surface area contributed by atoms with Crippen molar-refractivity contribution in [2.45, 2.75) is 91.1 Å². The van der Waals surface area contributed by atoms with Crippen LogP contribution in [0.15, 0.2) is 54.6 Å². The summed E-state index contributed by atoms with van der Waals surface area (Å²) in [4.78, 5) is 49.0. The van der Waals surface area contributed by atoms with E-state index in [4.69, 9.17) is 10.1 Å². The van der Waals surface area contributed by atoms with E-state index in [9.17, 15) is 19.2 Å². The van der Waals surface area contributed by atoms with Gasteiger partial charge in [0.1, 0.15) is 5.60 Å². The molecule has 234 valence electrons. The predicted octanol–water partition coefficient (Wildman–Crippen LogP) is 7.03. The smallest absolute Gasteiger partial charge is 0.426 e. The van der Waals surface area contributed by atoms with E-state index in [1.165, 1.54) is 28.0 Å². The van der Waals surface area contributed by atoms with Crippen LogP contribution in [0.4, 0.5) is 10.5 Å². The largest absolute Gasteiger partial charge is 0.443 e. The summed E-state index contributed by atoms with van der Waals surface area (Å²) in [5.74, 6) is -0.702. The molecule has 3 amide bonds. The van der Waals surface area contributed by atoms with Crippen molar-refractivity contribution >= 4 is 46.4 Å². The summed E-state index contributed by atoms with van der Waals surface area (Å²) in [5, 5.41) is 12.8. The molecule has 0 heterocycles. The molecule has 0 saturated heterocycles. The Bertz CT molecular complexity index is 1510. The van der Waals surface area contributed by atoms with Crippen molar-refractivity contribution in [2.75, 3.05) is 5.32 Å². The standard InChI is InChI=1S/C35H44N4O5/c1-23(2)29-20-24(19-26-12-9-10-13-28(26)29)11-7-6-8-14-32(41)37-27-17-15-25(30(21-27)31(40)22-36)16-18-33(42)38-39-34(43)44-35(3,4)5/h9-10,12-13,15,17,19-23,36H,6-8,11,14,16,18H2,1-5H3,(H,37,41)(H,38,42)(H,39,43). The highest BCUT2D eigenvalue weighted by Gasteiger charge is 2.17. The number of carbonyl (C=O) groups excluding carboxylic acids is 4. The monoisotopic (exact) mass is 600 g/mol. The van der Waals surface area contributed by atoms with Gasteiger partial charge in [0.2, 0.25) is 17.6 Å². The van der Waals surface area contributed by atoms with Crippen LogP contribution in [-0.4, -0.2) is 35.5 Å². The minimum atomic E-state index is -0.782. The van der Waals surface area contributed by atoms with E-state index < -0.39 is 23.4 Å². The fraction of sp³-hybridized carbons (Fsp3) is 0.400. The van der Waals surface area contributed by atoms with Crippen molar-refractivity contribution in [3.8, 4) is 0 Å². The average Bonchev–Trinajstić information content (AvgIpc) is 2.97. The van der Waals surface area contributed by atoms with Crippen molar-refractivity contribution in [1.29, 1.82) is 5.41 Å². The molecule has 0 unspecified atom stereocenters. The Balaban J connectivity index is 1.48. The lowest BCUT2D eigenvalue weighted by atomic mass is 9.92. The molecule has 9 heteroatoms. The van der Waals surface area contributed by atoms with Gasteiger partial charge in [0.15, 0.2) is 0 Å². The van der Waals surface area contributed by atoms with E-state index in [0.29, 0.717) is 29.8 Å². The van der Waals surface area contributed by atoms with E-state index in [0.717, 1.165) is 25.7 Å². The Hall–Kier alpha value is -4.53. The van der Waals surface area contributed by atoms with Crippen LogP contribution >= 0.6 is 0 Å². The van der Waals surface area contributed by atoms with Crippen LogP contribution < -0.4 is 16.2 Å². The van der Waals surface area contributed by atoms with E-state index in [2.05, 4.69) is 66.4 Å². The van der Waals surface area contributed by atoms with Gasteiger partial charge in [-0.05, 0) is 92.0 Å². The highest BCUT2D eigenvalue weighted by Crippen LogP contribution is 2.28. The number of anilines is 1. The maximum Gasteiger partial charge on any atom is 0.426 e. The van der Waals surface area contributed by atoms with Gasteiger partial charge in [-0.25, -0.2) is 10.2 Å². The van der Waals surface area contributed by atoms with Gasteiger partial charge >= 0.3 is 6.09 Å². The Morgan fingerprint density at radius 3 is 2.32 bits per heavy atom. The first-order valence-corrected chi connectivity index (χ1v) is 15.1. The maximum absolute atomic E-state index is 12.6. The second-order valence-electron chi connectivity index (χ2n) is 12.2. The van der Waals surface area contributed by atoms with Crippen molar-refractivity contribution in [1.82, 2.24) is 10.9 Å². The molecule has 4 N–H and O–H groups in total. The van der Waals surface area contributed by atoms with E-state index in [1.807, 2.05) is 0 Å². The summed E-state index contributed by atoms with van der Waals surface area (Å²) in [5.41, 5.74) is 7.69. The lowest BCUT2D eigenvalue weighted by Gasteiger charge is -2.19. The van der Waals surface area contributed by atoms with Crippen LogP contribution in [0.1, 0.15) is 99.7 Å². The molecule has 0 saturated carbocycles. The molecule has 44 heavy (non-hydrogen) atoms. The molecule has 0 aliphatic carbocycles. The zero-order chi connectivity index (χ0) is 32.3. The highest BCUT2D eigenvalue weighted by atomic mass is 16.6. The SMILES string of the molecule is CC(C)c1cc(CCCCCC(=O)Nc2ccc(CCC(=O)NNC(=O)OC(C)(C)C)c(C(=O)C=N)c2)cc2ccccc12. The third kappa shape index (κ3) is 10.6. The lowest BCUT2D eigenvalue weighted by molar-refractivity contribution is -0.122. The number of aryl methyl sites for hydroxylation is 2. The molecule has 0 aliphatic heterocycles. The average molecular weight is 601 g/mol.